The lowest BCUT2D eigenvalue weighted by Gasteiger charge is -2.02. The van der Waals surface area contributed by atoms with Crippen LogP contribution in [0.3, 0.4) is 0 Å². The summed E-state index contributed by atoms with van der Waals surface area (Å²) in [6, 6.07) is 0. The van der Waals surface area contributed by atoms with Crippen molar-refractivity contribution in [2.45, 2.75) is 34.1 Å². The maximum absolute atomic E-state index is 10.4. The standard InChI is InChI=1S/C14H21NO2/c1-5-8-11(2)9-6-7-10-12(3)13(4)15-14(16)17/h5,7-10,15H,6H2,1-4H3,(H,16,17)/b8-5-,10-7-,11-9-,13-12+. The van der Waals surface area contributed by atoms with Gasteiger partial charge in [0.05, 0.1) is 0 Å². The molecule has 0 bridgehead atoms. The number of carbonyl (C=O) groups is 1. The Morgan fingerprint density at radius 2 is 1.88 bits per heavy atom. The summed E-state index contributed by atoms with van der Waals surface area (Å²) in [5.41, 5.74) is 2.80. The minimum atomic E-state index is -1.03. The van der Waals surface area contributed by atoms with Crippen LogP contribution in [0.2, 0.25) is 0 Å². The van der Waals surface area contributed by atoms with Gasteiger partial charge in [-0.25, -0.2) is 4.79 Å². The van der Waals surface area contributed by atoms with Gasteiger partial charge in [0, 0.05) is 5.70 Å². The number of nitrogens with one attached hydrogen (secondary N) is 1. The van der Waals surface area contributed by atoms with Crippen LogP contribution in [0.25, 0.3) is 0 Å². The van der Waals surface area contributed by atoms with Gasteiger partial charge in [-0.2, -0.15) is 0 Å². The van der Waals surface area contributed by atoms with Gasteiger partial charge in [0.2, 0.25) is 0 Å². The Bertz CT molecular complexity index is 374. The number of allylic oxidation sites excluding steroid dienone is 8. The van der Waals surface area contributed by atoms with E-state index in [1.54, 1.807) is 6.92 Å². The topological polar surface area (TPSA) is 49.3 Å². The van der Waals surface area contributed by atoms with Crippen molar-refractivity contribution in [1.29, 1.82) is 0 Å². The molecular weight excluding hydrogens is 214 g/mol. The van der Waals surface area contributed by atoms with Crippen molar-refractivity contribution in [1.82, 2.24) is 5.32 Å². The Morgan fingerprint density at radius 3 is 2.41 bits per heavy atom. The summed E-state index contributed by atoms with van der Waals surface area (Å²) < 4.78 is 0. The molecule has 94 valence electrons. The zero-order chi connectivity index (χ0) is 13.3. The number of hydrogen-bond acceptors (Lipinski definition) is 1. The fourth-order valence-corrected chi connectivity index (χ4v) is 1.21. The van der Waals surface area contributed by atoms with Crippen molar-refractivity contribution in [2.75, 3.05) is 0 Å². The summed E-state index contributed by atoms with van der Waals surface area (Å²) in [6.07, 6.45) is 9.91. The molecule has 0 aliphatic heterocycles. The normalized spacial score (nSPS) is 14.2. The first-order valence-electron chi connectivity index (χ1n) is 5.60. The molecular formula is C14H21NO2. The van der Waals surface area contributed by atoms with Crippen LogP contribution < -0.4 is 5.32 Å². The van der Waals surface area contributed by atoms with Crippen LogP contribution in [0.4, 0.5) is 4.79 Å². The second-order valence-electron chi connectivity index (χ2n) is 3.82. The molecule has 0 aliphatic rings. The Morgan fingerprint density at radius 1 is 1.24 bits per heavy atom. The lowest BCUT2D eigenvalue weighted by Crippen LogP contribution is -2.19. The molecule has 0 aliphatic carbocycles. The van der Waals surface area contributed by atoms with Crippen molar-refractivity contribution in [3.8, 4) is 0 Å². The number of hydrogen-bond donors (Lipinski definition) is 2. The minimum absolute atomic E-state index is 0.655. The van der Waals surface area contributed by atoms with Gasteiger partial charge in [-0.3, -0.25) is 5.32 Å². The van der Waals surface area contributed by atoms with Crippen molar-refractivity contribution in [2.24, 2.45) is 0 Å². The highest BCUT2D eigenvalue weighted by atomic mass is 16.4. The molecule has 17 heavy (non-hydrogen) atoms. The summed E-state index contributed by atoms with van der Waals surface area (Å²) in [4.78, 5) is 10.4. The zero-order valence-electron chi connectivity index (χ0n) is 10.9. The van der Waals surface area contributed by atoms with Crippen LogP contribution in [0.15, 0.2) is 47.2 Å². The maximum Gasteiger partial charge on any atom is 0.408 e. The average Bonchev–Trinajstić information content (AvgIpc) is 2.23. The highest BCUT2D eigenvalue weighted by Crippen LogP contribution is 2.04. The molecule has 0 atom stereocenters. The highest BCUT2D eigenvalue weighted by Gasteiger charge is 1.97. The van der Waals surface area contributed by atoms with Gasteiger partial charge in [0.25, 0.3) is 0 Å². The minimum Gasteiger partial charge on any atom is -0.465 e. The first-order chi connectivity index (χ1) is 7.97. The first kappa shape index (κ1) is 15.2. The second-order valence-corrected chi connectivity index (χ2v) is 3.82. The molecule has 2 N–H and O–H groups in total. The van der Waals surface area contributed by atoms with E-state index in [4.69, 9.17) is 5.11 Å². The maximum atomic E-state index is 10.4. The van der Waals surface area contributed by atoms with Crippen LogP contribution in [-0.4, -0.2) is 11.2 Å². The van der Waals surface area contributed by atoms with E-state index < -0.39 is 6.09 Å². The summed E-state index contributed by atoms with van der Waals surface area (Å²) in [6.45, 7) is 7.66. The molecule has 3 heteroatoms. The SMILES string of the molecule is C/C=C\C(C)=C/C/C=C\C(C)=C(/C)NC(=O)O. The molecule has 0 rings (SSSR count). The lowest BCUT2D eigenvalue weighted by atomic mass is 10.2. The summed E-state index contributed by atoms with van der Waals surface area (Å²) in [5, 5.41) is 10.9. The molecule has 0 aromatic carbocycles. The lowest BCUT2D eigenvalue weighted by molar-refractivity contribution is 0.197. The smallest absolute Gasteiger partial charge is 0.408 e. The number of amides is 1. The monoisotopic (exact) mass is 235 g/mol. The highest BCUT2D eigenvalue weighted by molar-refractivity contribution is 5.67. The fourth-order valence-electron chi connectivity index (χ4n) is 1.21. The molecule has 0 spiro atoms. The van der Waals surface area contributed by atoms with Crippen molar-refractivity contribution in [3.63, 3.8) is 0 Å². The molecule has 0 unspecified atom stereocenters. The zero-order valence-corrected chi connectivity index (χ0v) is 10.9. The number of carboxylic acid groups (broad SMARTS) is 1. The summed E-state index contributed by atoms with van der Waals surface area (Å²) in [5.74, 6) is 0. The molecule has 0 saturated heterocycles. The van der Waals surface area contributed by atoms with Crippen LogP contribution in [-0.2, 0) is 0 Å². The van der Waals surface area contributed by atoms with E-state index in [-0.39, 0.29) is 0 Å². The van der Waals surface area contributed by atoms with Gasteiger partial charge in [-0.05, 0) is 39.7 Å². The molecule has 0 fully saturated rings. The summed E-state index contributed by atoms with van der Waals surface area (Å²) >= 11 is 0. The van der Waals surface area contributed by atoms with Gasteiger partial charge in [-0.15, -0.1) is 0 Å². The molecule has 0 saturated carbocycles. The van der Waals surface area contributed by atoms with Crippen LogP contribution >= 0.6 is 0 Å². The van der Waals surface area contributed by atoms with E-state index in [1.807, 2.05) is 45.1 Å². The molecule has 3 nitrogen and oxygen atoms in total. The Balaban J connectivity index is 4.34. The van der Waals surface area contributed by atoms with Crippen molar-refractivity contribution < 1.29 is 9.90 Å². The fraction of sp³-hybridized carbons (Fsp3) is 0.357. The van der Waals surface area contributed by atoms with E-state index in [9.17, 15) is 4.79 Å². The molecule has 0 aromatic rings. The molecule has 0 radical (unpaired) electrons. The van der Waals surface area contributed by atoms with E-state index in [1.165, 1.54) is 5.57 Å². The van der Waals surface area contributed by atoms with Crippen molar-refractivity contribution in [3.05, 3.63) is 47.2 Å². The third-order valence-electron chi connectivity index (χ3n) is 2.26. The third kappa shape index (κ3) is 8.08. The Kier molecular flexibility index (Phi) is 7.52. The van der Waals surface area contributed by atoms with E-state index in [0.29, 0.717) is 5.70 Å². The molecule has 0 heterocycles. The second kappa shape index (κ2) is 8.39. The number of rotatable bonds is 5. The first-order valence-corrected chi connectivity index (χ1v) is 5.60. The van der Waals surface area contributed by atoms with Gasteiger partial charge in [0.1, 0.15) is 0 Å². The molecule has 0 aromatic heterocycles. The van der Waals surface area contributed by atoms with Gasteiger partial charge in [-0.1, -0.05) is 36.0 Å². The Labute approximate surface area is 103 Å². The van der Waals surface area contributed by atoms with Crippen molar-refractivity contribution >= 4 is 6.09 Å². The predicted molar refractivity (Wildman–Crippen MR) is 71.9 cm³/mol. The average molecular weight is 235 g/mol. The van der Waals surface area contributed by atoms with E-state index >= 15 is 0 Å². The largest absolute Gasteiger partial charge is 0.465 e. The van der Waals surface area contributed by atoms with Gasteiger partial charge in [0.15, 0.2) is 0 Å². The Hall–Kier alpha value is -1.77. The van der Waals surface area contributed by atoms with E-state index in [0.717, 1.165) is 12.0 Å². The quantitative estimate of drug-likeness (QED) is 0.707. The van der Waals surface area contributed by atoms with Crippen LogP contribution in [0, 0.1) is 0 Å². The van der Waals surface area contributed by atoms with Gasteiger partial charge < -0.3 is 5.11 Å². The predicted octanol–water partition coefficient (Wildman–Crippen LogP) is 4.02. The van der Waals surface area contributed by atoms with Crippen LogP contribution in [0.5, 0.6) is 0 Å². The van der Waals surface area contributed by atoms with Crippen LogP contribution in [0.1, 0.15) is 34.1 Å². The van der Waals surface area contributed by atoms with E-state index in [2.05, 4.69) is 11.4 Å². The molecule has 1 amide bonds. The summed E-state index contributed by atoms with van der Waals surface area (Å²) in [7, 11) is 0. The van der Waals surface area contributed by atoms with Gasteiger partial charge >= 0.3 is 6.09 Å². The third-order valence-corrected chi connectivity index (χ3v) is 2.26.